The zero-order valence-electron chi connectivity index (χ0n) is 12.2. The number of hydrogen-bond acceptors (Lipinski definition) is 2. The Bertz CT molecular complexity index is 430. The quantitative estimate of drug-likeness (QED) is 0.906. The minimum absolute atomic E-state index is 0.233. The molecule has 19 heavy (non-hydrogen) atoms. The second-order valence-electron chi connectivity index (χ2n) is 5.70. The van der Waals surface area contributed by atoms with Crippen LogP contribution in [0.25, 0.3) is 0 Å². The molecular formula is C16H24N2O. The van der Waals surface area contributed by atoms with E-state index in [-0.39, 0.29) is 5.91 Å². The van der Waals surface area contributed by atoms with Crippen LogP contribution in [0.2, 0.25) is 0 Å². The van der Waals surface area contributed by atoms with Crippen molar-refractivity contribution in [3.63, 3.8) is 0 Å². The van der Waals surface area contributed by atoms with Gasteiger partial charge in [0, 0.05) is 19.2 Å². The molecule has 104 valence electrons. The summed E-state index contributed by atoms with van der Waals surface area (Å²) in [7, 11) is 1.89. The van der Waals surface area contributed by atoms with Gasteiger partial charge >= 0.3 is 0 Å². The van der Waals surface area contributed by atoms with Crippen LogP contribution in [-0.2, 0) is 4.79 Å². The standard InChI is InChI=1S/C16H24N2O/c1-12-8-13(2)10-15(9-12)18(3)16(19)11-14-4-6-17-7-5-14/h8-10,14,17H,4-7,11H2,1-3H3. The summed E-state index contributed by atoms with van der Waals surface area (Å²) in [5, 5.41) is 3.34. The van der Waals surface area contributed by atoms with Gasteiger partial charge in [-0.1, -0.05) is 6.07 Å². The first-order chi connectivity index (χ1) is 9.06. The van der Waals surface area contributed by atoms with Gasteiger partial charge in [0.15, 0.2) is 0 Å². The first-order valence-corrected chi connectivity index (χ1v) is 7.12. The zero-order valence-corrected chi connectivity index (χ0v) is 12.2. The largest absolute Gasteiger partial charge is 0.317 e. The lowest BCUT2D eigenvalue weighted by atomic mass is 9.94. The first-order valence-electron chi connectivity index (χ1n) is 7.12. The number of carbonyl (C=O) groups is 1. The molecule has 0 radical (unpaired) electrons. The van der Waals surface area contributed by atoms with Crippen LogP contribution in [-0.4, -0.2) is 26.0 Å². The lowest BCUT2D eigenvalue weighted by Crippen LogP contribution is -2.33. The number of nitrogens with one attached hydrogen (secondary N) is 1. The first kappa shape index (κ1) is 14.1. The summed E-state index contributed by atoms with van der Waals surface area (Å²) in [4.78, 5) is 14.1. The van der Waals surface area contributed by atoms with E-state index < -0.39 is 0 Å². The fourth-order valence-electron chi connectivity index (χ4n) is 2.76. The number of aryl methyl sites for hydroxylation is 2. The van der Waals surface area contributed by atoms with Crippen molar-refractivity contribution in [1.82, 2.24) is 5.32 Å². The van der Waals surface area contributed by atoms with Gasteiger partial charge in [-0.25, -0.2) is 0 Å². The summed E-state index contributed by atoms with van der Waals surface area (Å²) >= 11 is 0. The molecule has 0 aliphatic carbocycles. The molecule has 1 N–H and O–H groups in total. The number of hydrogen-bond donors (Lipinski definition) is 1. The Morgan fingerprint density at radius 2 is 1.79 bits per heavy atom. The fourth-order valence-corrected chi connectivity index (χ4v) is 2.76. The second-order valence-corrected chi connectivity index (χ2v) is 5.70. The molecule has 1 aromatic rings. The summed E-state index contributed by atoms with van der Waals surface area (Å²) < 4.78 is 0. The molecule has 0 aromatic heterocycles. The monoisotopic (exact) mass is 260 g/mol. The van der Waals surface area contributed by atoms with E-state index in [0.717, 1.165) is 31.6 Å². The van der Waals surface area contributed by atoms with Gasteiger partial charge < -0.3 is 10.2 Å². The van der Waals surface area contributed by atoms with Crippen molar-refractivity contribution in [3.05, 3.63) is 29.3 Å². The number of rotatable bonds is 3. The summed E-state index contributed by atoms with van der Waals surface area (Å²) in [6, 6.07) is 6.29. The molecule has 0 spiro atoms. The van der Waals surface area contributed by atoms with Gasteiger partial charge in [-0.05, 0) is 69.0 Å². The molecule has 0 saturated carbocycles. The third-order valence-electron chi connectivity index (χ3n) is 3.89. The van der Waals surface area contributed by atoms with Crippen molar-refractivity contribution in [2.24, 2.45) is 5.92 Å². The van der Waals surface area contributed by atoms with E-state index in [1.807, 2.05) is 11.9 Å². The summed E-state index contributed by atoms with van der Waals surface area (Å²) in [5.74, 6) is 0.777. The SMILES string of the molecule is Cc1cc(C)cc(N(C)C(=O)CC2CCNCC2)c1. The van der Waals surface area contributed by atoms with Crippen LogP contribution in [0.5, 0.6) is 0 Å². The van der Waals surface area contributed by atoms with E-state index in [1.165, 1.54) is 11.1 Å². The van der Waals surface area contributed by atoms with Crippen LogP contribution in [0.3, 0.4) is 0 Å². The number of anilines is 1. The number of nitrogens with zero attached hydrogens (tertiary/aromatic N) is 1. The smallest absolute Gasteiger partial charge is 0.226 e. The van der Waals surface area contributed by atoms with Crippen molar-refractivity contribution in [2.45, 2.75) is 33.1 Å². The molecular weight excluding hydrogens is 236 g/mol. The maximum Gasteiger partial charge on any atom is 0.226 e. The van der Waals surface area contributed by atoms with Gasteiger partial charge in [0.05, 0.1) is 0 Å². The minimum Gasteiger partial charge on any atom is -0.317 e. The molecule has 1 heterocycles. The molecule has 1 aliphatic heterocycles. The van der Waals surface area contributed by atoms with Crippen molar-refractivity contribution in [1.29, 1.82) is 0 Å². The third kappa shape index (κ3) is 3.80. The van der Waals surface area contributed by atoms with Gasteiger partial charge in [0.25, 0.3) is 0 Å². The van der Waals surface area contributed by atoms with Gasteiger partial charge in [0.1, 0.15) is 0 Å². The second kappa shape index (κ2) is 6.20. The number of amides is 1. The molecule has 3 nitrogen and oxygen atoms in total. The van der Waals surface area contributed by atoms with Gasteiger partial charge in [-0.3, -0.25) is 4.79 Å². The summed E-state index contributed by atoms with van der Waals surface area (Å²) in [6.45, 7) is 6.24. The Kier molecular flexibility index (Phi) is 4.59. The van der Waals surface area contributed by atoms with E-state index in [9.17, 15) is 4.79 Å². The minimum atomic E-state index is 0.233. The fraction of sp³-hybridized carbons (Fsp3) is 0.562. The molecule has 3 heteroatoms. The Labute approximate surface area is 116 Å². The van der Waals surface area contributed by atoms with E-state index in [2.05, 4.69) is 37.4 Å². The molecule has 1 amide bonds. The predicted octanol–water partition coefficient (Wildman–Crippen LogP) is 2.66. The lowest BCUT2D eigenvalue weighted by Gasteiger charge is -2.25. The molecule has 1 fully saturated rings. The Balaban J connectivity index is 2.01. The maximum absolute atomic E-state index is 12.3. The highest BCUT2D eigenvalue weighted by atomic mass is 16.2. The van der Waals surface area contributed by atoms with Crippen molar-refractivity contribution in [2.75, 3.05) is 25.0 Å². The molecule has 1 aliphatic rings. The molecule has 0 bridgehead atoms. The van der Waals surface area contributed by atoms with Gasteiger partial charge in [-0.15, -0.1) is 0 Å². The zero-order chi connectivity index (χ0) is 13.8. The van der Waals surface area contributed by atoms with E-state index in [4.69, 9.17) is 0 Å². The normalized spacial score (nSPS) is 16.4. The predicted molar refractivity (Wildman–Crippen MR) is 79.5 cm³/mol. The summed E-state index contributed by atoms with van der Waals surface area (Å²) in [5.41, 5.74) is 3.42. The van der Waals surface area contributed by atoms with Crippen LogP contribution in [0.1, 0.15) is 30.4 Å². The van der Waals surface area contributed by atoms with Crippen LogP contribution in [0.15, 0.2) is 18.2 Å². The highest BCUT2D eigenvalue weighted by Gasteiger charge is 2.19. The van der Waals surface area contributed by atoms with Crippen molar-refractivity contribution < 1.29 is 4.79 Å². The van der Waals surface area contributed by atoms with Crippen LogP contribution in [0.4, 0.5) is 5.69 Å². The average molecular weight is 260 g/mol. The van der Waals surface area contributed by atoms with E-state index >= 15 is 0 Å². The Hall–Kier alpha value is -1.35. The van der Waals surface area contributed by atoms with Crippen molar-refractivity contribution in [3.8, 4) is 0 Å². The maximum atomic E-state index is 12.3. The van der Waals surface area contributed by atoms with Crippen molar-refractivity contribution >= 4 is 11.6 Å². The van der Waals surface area contributed by atoms with E-state index in [0.29, 0.717) is 12.3 Å². The average Bonchev–Trinajstić information content (AvgIpc) is 2.37. The molecule has 0 atom stereocenters. The number of piperidine rings is 1. The van der Waals surface area contributed by atoms with Gasteiger partial charge in [0.2, 0.25) is 5.91 Å². The summed E-state index contributed by atoms with van der Waals surface area (Å²) in [6.07, 6.45) is 2.91. The van der Waals surface area contributed by atoms with Crippen LogP contribution in [0, 0.1) is 19.8 Å². The Morgan fingerprint density at radius 1 is 1.21 bits per heavy atom. The topological polar surface area (TPSA) is 32.3 Å². The molecule has 1 aromatic carbocycles. The van der Waals surface area contributed by atoms with Gasteiger partial charge in [-0.2, -0.15) is 0 Å². The lowest BCUT2D eigenvalue weighted by molar-refractivity contribution is -0.119. The number of benzene rings is 1. The van der Waals surface area contributed by atoms with E-state index in [1.54, 1.807) is 0 Å². The molecule has 1 saturated heterocycles. The van der Waals surface area contributed by atoms with Crippen LogP contribution < -0.4 is 10.2 Å². The third-order valence-corrected chi connectivity index (χ3v) is 3.89. The molecule has 2 rings (SSSR count). The van der Waals surface area contributed by atoms with Crippen LogP contribution >= 0.6 is 0 Å². The highest BCUT2D eigenvalue weighted by Crippen LogP contribution is 2.21. The highest BCUT2D eigenvalue weighted by molar-refractivity contribution is 5.93. The molecule has 0 unspecified atom stereocenters. The number of carbonyl (C=O) groups excluding carboxylic acids is 1. The Morgan fingerprint density at radius 3 is 2.37 bits per heavy atom.